The Morgan fingerprint density at radius 3 is 2.76 bits per heavy atom. The van der Waals surface area contributed by atoms with Gasteiger partial charge >= 0.3 is 0 Å². The number of aromatic hydroxyl groups is 1. The Morgan fingerprint density at radius 1 is 1.07 bits per heavy atom. The van der Waals surface area contributed by atoms with Crippen molar-refractivity contribution >= 4 is 5.71 Å². The van der Waals surface area contributed by atoms with Crippen molar-refractivity contribution in [2.24, 2.45) is 5.10 Å². The topological polar surface area (TPSA) is 54.3 Å². The Hall–Kier alpha value is -3.47. The Morgan fingerprint density at radius 2 is 1.93 bits per heavy atom. The maximum absolute atomic E-state index is 10.5. The van der Waals surface area contributed by atoms with Gasteiger partial charge in [0.25, 0.3) is 0 Å². The van der Waals surface area contributed by atoms with Crippen molar-refractivity contribution in [3.05, 3.63) is 89.0 Å². The van der Waals surface area contributed by atoms with E-state index < -0.39 is 0 Å². The third kappa shape index (κ3) is 2.99. The standard InChI is InChI=1S/C24H22N2O3/c1-15-6-5-7-16(12-15)24-26-21(18-8-3-4-9-23(18)29-24)14-20(25-26)19-13-17(28-2)10-11-22(19)27/h3-13,21,24,27H,14H2,1-2H3/t21-,24+/m0/s1. The van der Waals surface area contributed by atoms with E-state index in [1.807, 2.05) is 35.3 Å². The highest BCUT2D eigenvalue weighted by atomic mass is 16.5. The van der Waals surface area contributed by atoms with Crippen molar-refractivity contribution in [3.8, 4) is 17.2 Å². The number of rotatable bonds is 3. The molecule has 2 heterocycles. The highest BCUT2D eigenvalue weighted by Gasteiger charge is 2.41. The number of fused-ring (bicyclic) bond motifs is 3. The molecule has 0 fully saturated rings. The first-order valence-electron chi connectivity index (χ1n) is 9.69. The van der Waals surface area contributed by atoms with Crippen LogP contribution >= 0.6 is 0 Å². The molecule has 3 aromatic rings. The second kappa shape index (κ2) is 6.85. The molecule has 2 aliphatic rings. The molecule has 0 saturated heterocycles. The molecule has 5 rings (SSSR count). The Kier molecular flexibility index (Phi) is 4.16. The van der Waals surface area contributed by atoms with Gasteiger partial charge in [-0.2, -0.15) is 5.10 Å². The van der Waals surface area contributed by atoms with Crippen LogP contribution < -0.4 is 9.47 Å². The fourth-order valence-corrected chi connectivity index (χ4v) is 4.11. The average molecular weight is 386 g/mol. The molecule has 1 N–H and O–H groups in total. The Labute approximate surface area is 169 Å². The summed E-state index contributed by atoms with van der Waals surface area (Å²) in [6.45, 7) is 2.07. The van der Waals surface area contributed by atoms with Gasteiger partial charge in [0.05, 0.1) is 18.9 Å². The third-order valence-electron chi connectivity index (χ3n) is 5.54. The first-order valence-corrected chi connectivity index (χ1v) is 9.69. The number of phenolic OH excluding ortho intramolecular Hbond substituents is 1. The van der Waals surface area contributed by atoms with Gasteiger partial charge in [0.1, 0.15) is 17.2 Å². The predicted molar refractivity (Wildman–Crippen MR) is 111 cm³/mol. The van der Waals surface area contributed by atoms with Gasteiger partial charge < -0.3 is 14.6 Å². The fraction of sp³-hybridized carbons (Fsp3) is 0.208. The predicted octanol–water partition coefficient (Wildman–Crippen LogP) is 4.95. The van der Waals surface area contributed by atoms with Crippen LogP contribution in [0.25, 0.3) is 0 Å². The number of benzene rings is 3. The molecule has 0 saturated carbocycles. The molecule has 0 spiro atoms. The molecule has 0 amide bonds. The van der Waals surface area contributed by atoms with E-state index in [1.54, 1.807) is 19.2 Å². The summed E-state index contributed by atoms with van der Waals surface area (Å²) < 4.78 is 11.7. The summed E-state index contributed by atoms with van der Waals surface area (Å²) in [6, 6.07) is 21.7. The number of hydrogen-bond acceptors (Lipinski definition) is 5. The van der Waals surface area contributed by atoms with Crippen molar-refractivity contribution in [1.82, 2.24) is 5.01 Å². The molecule has 29 heavy (non-hydrogen) atoms. The monoisotopic (exact) mass is 386 g/mol. The maximum Gasteiger partial charge on any atom is 0.213 e. The van der Waals surface area contributed by atoms with E-state index in [0.29, 0.717) is 17.7 Å². The highest BCUT2D eigenvalue weighted by molar-refractivity contribution is 6.04. The normalized spacial score (nSPS) is 19.8. The second-order valence-corrected chi connectivity index (χ2v) is 7.45. The molecule has 2 atom stereocenters. The number of hydrogen-bond donors (Lipinski definition) is 1. The van der Waals surface area contributed by atoms with Crippen molar-refractivity contribution in [1.29, 1.82) is 0 Å². The number of hydrazone groups is 1. The lowest BCUT2D eigenvalue weighted by atomic mass is 9.95. The molecule has 0 aromatic heterocycles. The van der Waals surface area contributed by atoms with Crippen LogP contribution in [0.4, 0.5) is 0 Å². The van der Waals surface area contributed by atoms with Crippen molar-refractivity contribution in [2.45, 2.75) is 25.6 Å². The van der Waals surface area contributed by atoms with E-state index in [-0.39, 0.29) is 18.0 Å². The van der Waals surface area contributed by atoms with Crippen LogP contribution in [-0.2, 0) is 0 Å². The van der Waals surface area contributed by atoms with Crippen LogP contribution in [0.1, 0.15) is 40.9 Å². The summed E-state index contributed by atoms with van der Waals surface area (Å²) >= 11 is 0. The molecule has 0 bridgehead atoms. The lowest BCUT2D eigenvalue weighted by Crippen LogP contribution is -2.33. The van der Waals surface area contributed by atoms with Crippen LogP contribution in [0, 0.1) is 6.92 Å². The van der Waals surface area contributed by atoms with E-state index in [4.69, 9.17) is 14.6 Å². The van der Waals surface area contributed by atoms with Gasteiger partial charge in [-0.25, -0.2) is 5.01 Å². The van der Waals surface area contributed by atoms with Crippen LogP contribution in [0.15, 0.2) is 71.8 Å². The van der Waals surface area contributed by atoms with Gasteiger partial charge in [-0.05, 0) is 31.2 Å². The van der Waals surface area contributed by atoms with E-state index in [1.165, 1.54) is 5.56 Å². The molecule has 5 nitrogen and oxygen atoms in total. The first-order chi connectivity index (χ1) is 14.1. The number of para-hydroxylation sites is 1. The van der Waals surface area contributed by atoms with E-state index in [9.17, 15) is 5.11 Å². The summed E-state index contributed by atoms with van der Waals surface area (Å²) in [5, 5.41) is 17.4. The summed E-state index contributed by atoms with van der Waals surface area (Å²) in [7, 11) is 1.62. The van der Waals surface area contributed by atoms with Crippen LogP contribution in [-0.4, -0.2) is 22.9 Å². The molecule has 0 aliphatic carbocycles. The van der Waals surface area contributed by atoms with Gasteiger partial charge in [0, 0.05) is 23.1 Å². The number of ether oxygens (including phenoxy) is 2. The number of aryl methyl sites for hydroxylation is 1. The molecular weight excluding hydrogens is 364 g/mol. The van der Waals surface area contributed by atoms with Crippen molar-refractivity contribution in [2.75, 3.05) is 7.11 Å². The van der Waals surface area contributed by atoms with Crippen LogP contribution in [0.2, 0.25) is 0 Å². The molecule has 0 unspecified atom stereocenters. The van der Waals surface area contributed by atoms with E-state index in [0.717, 1.165) is 22.6 Å². The largest absolute Gasteiger partial charge is 0.507 e. The Bertz CT molecular complexity index is 1110. The van der Waals surface area contributed by atoms with Gasteiger partial charge in [0.2, 0.25) is 6.23 Å². The first kappa shape index (κ1) is 17.6. The lowest BCUT2D eigenvalue weighted by molar-refractivity contribution is -0.0190. The quantitative estimate of drug-likeness (QED) is 0.692. The summed E-state index contributed by atoms with van der Waals surface area (Å²) in [5.41, 5.74) is 4.86. The fourth-order valence-electron chi connectivity index (χ4n) is 4.11. The van der Waals surface area contributed by atoms with Crippen molar-refractivity contribution < 1.29 is 14.6 Å². The van der Waals surface area contributed by atoms with Gasteiger partial charge in [0.15, 0.2) is 0 Å². The highest BCUT2D eigenvalue weighted by Crippen LogP contribution is 2.48. The summed E-state index contributed by atoms with van der Waals surface area (Å²) in [4.78, 5) is 0. The maximum atomic E-state index is 10.5. The van der Waals surface area contributed by atoms with E-state index in [2.05, 4.69) is 31.2 Å². The Balaban J connectivity index is 1.61. The van der Waals surface area contributed by atoms with Gasteiger partial charge in [-0.15, -0.1) is 0 Å². The number of phenols is 1. The SMILES string of the molecule is COc1ccc(O)c(C2=NN3[C@@H](c4cccc(C)c4)Oc4ccccc4[C@@H]3C2)c1. The molecule has 146 valence electrons. The lowest BCUT2D eigenvalue weighted by Gasteiger charge is -2.38. The summed E-state index contributed by atoms with van der Waals surface area (Å²) in [6.07, 6.45) is 0.365. The molecule has 5 heteroatoms. The smallest absolute Gasteiger partial charge is 0.213 e. The van der Waals surface area contributed by atoms with Gasteiger partial charge in [-0.1, -0.05) is 48.0 Å². The number of methoxy groups -OCH3 is 1. The molecule has 3 aromatic carbocycles. The number of nitrogens with zero attached hydrogens (tertiary/aromatic N) is 2. The minimum Gasteiger partial charge on any atom is -0.507 e. The zero-order valence-corrected chi connectivity index (χ0v) is 16.4. The van der Waals surface area contributed by atoms with Crippen molar-refractivity contribution in [3.63, 3.8) is 0 Å². The molecule has 2 aliphatic heterocycles. The van der Waals surface area contributed by atoms with Crippen LogP contribution in [0.5, 0.6) is 17.2 Å². The van der Waals surface area contributed by atoms with Gasteiger partial charge in [-0.3, -0.25) is 0 Å². The zero-order valence-electron chi connectivity index (χ0n) is 16.4. The average Bonchev–Trinajstić information content (AvgIpc) is 3.19. The molecule has 0 radical (unpaired) electrons. The summed E-state index contributed by atoms with van der Waals surface area (Å²) in [5.74, 6) is 1.77. The molecular formula is C24H22N2O3. The zero-order chi connectivity index (χ0) is 20.0. The van der Waals surface area contributed by atoms with Crippen LogP contribution in [0.3, 0.4) is 0 Å². The second-order valence-electron chi connectivity index (χ2n) is 7.45. The van der Waals surface area contributed by atoms with E-state index >= 15 is 0 Å². The minimum absolute atomic E-state index is 0.0473. The minimum atomic E-state index is -0.319. The third-order valence-corrected chi connectivity index (χ3v) is 5.54.